The molecule has 5 rings (SSSR count). The second kappa shape index (κ2) is 11.2. The molecule has 1 aliphatic rings. The molecule has 3 aromatic carbocycles. The fourth-order valence-corrected chi connectivity index (χ4v) is 4.73. The zero-order valence-electron chi connectivity index (χ0n) is 19.3. The van der Waals surface area contributed by atoms with Gasteiger partial charge in [0.1, 0.15) is 0 Å². The van der Waals surface area contributed by atoms with E-state index in [2.05, 4.69) is 49.2 Å². The first kappa shape index (κ1) is 23.1. The topological polar surface area (TPSA) is 72.3 Å². The maximum atomic E-state index is 12.7. The number of benzene rings is 3. The predicted octanol–water partition coefficient (Wildman–Crippen LogP) is 4.56. The van der Waals surface area contributed by atoms with Gasteiger partial charge < -0.3 is 15.0 Å². The van der Waals surface area contributed by atoms with Gasteiger partial charge in [-0.1, -0.05) is 84.6 Å². The zero-order chi connectivity index (χ0) is 23.9. The van der Waals surface area contributed by atoms with Gasteiger partial charge in [-0.25, -0.2) is 0 Å². The van der Waals surface area contributed by atoms with Gasteiger partial charge in [-0.05, 0) is 28.8 Å². The summed E-state index contributed by atoms with van der Waals surface area (Å²) < 4.78 is 7.59. The number of anilines is 2. The number of hydrogen-bond donors (Lipinski definition) is 1. The number of aromatic nitrogens is 3. The second-order valence-electron chi connectivity index (χ2n) is 8.23. The molecule has 35 heavy (non-hydrogen) atoms. The molecule has 0 atom stereocenters. The molecule has 8 heteroatoms. The van der Waals surface area contributed by atoms with Crippen molar-refractivity contribution in [3.8, 4) is 11.1 Å². The van der Waals surface area contributed by atoms with E-state index < -0.39 is 0 Å². The quantitative estimate of drug-likeness (QED) is 0.369. The SMILES string of the molecule is O=C(CSc1nnc(N2CCOCC2)n1Cc1ccccc1)Nc1ccc(-c2ccccc2)cc1. The molecular weight excluding hydrogens is 458 g/mol. The van der Waals surface area contributed by atoms with Gasteiger partial charge in [-0.3, -0.25) is 9.36 Å². The highest BCUT2D eigenvalue weighted by atomic mass is 32.2. The van der Waals surface area contributed by atoms with Crippen LogP contribution in [-0.4, -0.2) is 52.7 Å². The number of carbonyl (C=O) groups is 1. The van der Waals surface area contributed by atoms with Crippen LogP contribution in [0.3, 0.4) is 0 Å². The number of hydrogen-bond acceptors (Lipinski definition) is 6. The first-order valence-electron chi connectivity index (χ1n) is 11.6. The Bertz CT molecular complexity index is 1240. The van der Waals surface area contributed by atoms with Crippen molar-refractivity contribution < 1.29 is 9.53 Å². The van der Waals surface area contributed by atoms with E-state index in [-0.39, 0.29) is 11.7 Å². The summed E-state index contributed by atoms with van der Waals surface area (Å²) in [5.74, 6) is 0.984. The summed E-state index contributed by atoms with van der Waals surface area (Å²) in [6, 6.07) is 28.3. The Morgan fingerprint density at radius 3 is 2.23 bits per heavy atom. The molecule has 0 radical (unpaired) electrons. The number of nitrogens with zero attached hydrogens (tertiary/aromatic N) is 4. The van der Waals surface area contributed by atoms with E-state index in [0.29, 0.717) is 19.8 Å². The summed E-state index contributed by atoms with van der Waals surface area (Å²) in [7, 11) is 0. The van der Waals surface area contributed by atoms with Crippen LogP contribution in [0, 0.1) is 0 Å². The third kappa shape index (κ3) is 5.90. The molecule has 1 amide bonds. The van der Waals surface area contributed by atoms with Crippen LogP contribution in [0.15, 0.2) is 90.1 Å². The molecule has 2 heterocycles. The van der Waals surface area contributed by atoms with Crippen molar-refractivity contribution in [2.45, 2.75) is 11.7 Å². The zero-order valence-corrected chi connectivity index (χ0v) is 20.2. The van der Waals surface area contributed by atoms with Crippen LogP contribution < -0.4 is 10.2 Å². The number of carbonyl (C=O) groups excluding carboxylic acids is 1. The van der Waals surface area contributed by atoms with E-state index in [1.807, 2.05) is 60.7 Å². The third-order valence-corrected chi connectivity index (χ3v) is 6.75. The van der Waals surface area contributed by atoms with Crippen molar-refractivity contribution in [3.63, 3.8) is 0 Å². The maximum Gasteiger partial charge on any atom is 0.234 e. The first-order valence-corrected chi connectivity index (χ1v) is 12.6. The Morgan fingerprint density at radius 2 is 1.51 bits per heavy atom. The molecule has 1 fully saturated rings. The average molecular weight is 486 g/mol. The minimum absolute atomic E-state index is 0.0790. The van der Waals surface area contributed by atoms with Crippen LogP contribution in [0.5, 0.6) is 0 Å². The number of nitrogens with one attached hydrogen (secondary N) is 1. The summed E-state index contributed by atoms with van der Waals surface area (Å²) in [6.45, 7) is 3.54. The van der Waals surface area contributed by atoms with E-state index in [1.165, 1.54) is 11.8 Å². The Labute approximate surface area is 209 Å². The van der Waals surface area contributed by atoms with Gasteiger partial charge in [-0.2, -0.15) is 0 Å². The highest BCUT2D eigenvalue weighted by Gasteiger charge is 2.21. The predicted molar refractivity (Wildman–Crippen MR) is 140 cm³/mol. The van der Waals surface area contributed by atoms with Crippen molar-refractivity contribution in [2.24, 2.45) is 0 Å². The number of amides is 1. The lowest BCUT2D eigenvalue weighted by Gasteiger charge is -2.28. The molecule has 0 bridgehead atoms. The van der Waals surface area contributed by atoms with Crippen LogP contribution >= 0.6 is 11.8 Å². The van der Waals surface area contributed by atoms with Crippen LogP contribution in [0.25, 0.3) is 11.1 Å². The van der Waals surface area contributed by atoms with E-state index >= 15 is 0 Å². The number of rotatable bonds is 8. The first-order chi connectivity index (χ1) is 17.3. The Balaban J connectivity index is 1.25. The minimum Gasteiger partial charge on any atom is -0.378 e. The molecule has 0 unspecified atom stereocenters. The average Bonchev–Trinajstić information content (AvgIpc) is 3.32. The smallest absolute Gasteiger partial charge is 0.234 e. The highest BCUT2D eigenvalue weighted by molar-refractivity contribution is 7.99. The second-order valence-corrected chi connectivity index (χ2v) is 9.18. The molecule has 0 saturated carbocycles. The van der Waals surface area contributed by atoms with Gasteiger partial charge in [0.15, 0.2) is 5.16 Å². The van der Waals surface area contributed by atoms with E-state index in [1.54, 1.807) is 0 Å². The Kier molecular flexibility index (Phi) is 7.41. The van der Waals surface area contributed by atoms with Crippen molar-refractivity contribution >= 4 is 29.3 Å². The molecule has 4 aromatic rings. The molecule has 1 aliphatic heterocycles. The molecule has 0 aliphatic carbocycles. The molecule has 178 valence electrons. The van der Waals surface area contributed by atoms with Crippen molar-refractivity contribution in [1.82, 2.24) is 14.8 Å². The lowest BCUT2D eigenvalue weighted by atomic mass is 10.1. The molecule has 1 saturated heterocycles. The normalized spacial score (nSPS) is 13.5. The van der Waals surface area contributed by atoms with Crippen LogP contribution in [0.4, 0.5) is 11.6 Å². The summed E-state index contributed by atoms with van der Waals surface area (Å²) >= 11 is 1.40. The summed E-state index contributed by atoms with van der Waals surface area (Å²) in [5.41, 5.74) is 4.19. The van der Waals surface area contributed by atoms with Gasteiger partial charge in [-0.15, -0.1) is 10.2 Å². The molecule has 0 spiro atoms. The van der Waals surface area contributed by atoms with E-state index in [9.17, 15) is 4.79 Å². The maximum absolute atomic E-state index is 12.7. The van der Waals surface area contributed by atoms with Crippen LogP contribution in [0.2, 0.25) is 0 Å². The number of thioether (sulfide) groups is 1. The van der Waals surface area contributed by atoms with E-state index in [4.69, 9.17) is 4.74 Å². The van der Waals surface area contributed by atoms with Crippen LogP contribution in [-0.2, 0) is 16.1 Å². The van der Waals surface area contributed by atoms with Crippen LogP contribution in [0.1, 0.15) is 5.56 Å². The highest BCUT2D eigenvalue weighted by Crippen LogP contribution is 2.25. The van der Waals surface area contributed by atoms with Gasteiger partial charge in [0, 0.05) is 18.8 Å². The fraction of sp³-hybridized carbons (Fsp3) is 0.222. The Hall–Kier alpha value is -3.62. The monoisotopic (exact) mass is 485 g/mol. The van der Waals surface area contributed by atoms with E-state index in [0.717, 1.165) is 46.6 Å². The number of ether oxygens (including phenoxy) is 1. The minimum atomic E-state index is -0.0790. The van der Waals surface area contributed by atoms with Crippen molar-refractivity contribution in [3.05, 3.63) is 90.5 Å². The van der Waals surface area contributed by atoms with Crippen molar-refractivity contribution in [2.75, 3.05) is 42.3 Å². The summed E-state index contributed by atoms with van der Waals surface area (Å²) in [4.78, 5) is 14.9. The van der Waals surface area contributed by atoms with Gasteiger partial charge in [0.05, 0.1) is 25.5 Å². The van der Waals surface area contributed by atoms with Gasteiger partial charge >= 0.3 is 0 Å². The summed E-state index contributed by atoms with van der Waals surface area (Å²) in [5, 5.41) is 12.6. The van der Waals surface area contributed by atoms with Gasteiger partial charge in [0.25, 0.3) is 0 Å². The largest absolute Gasteiger partial charge is 0.378 e. The third-order valence-electron chi connectivity index (χ3n) is 5.78. The lowest BCUT2D eigenvalue weighted by molar-refractivity contribution is -0.113. The molecule has 1 N–H and O–H groups in total. The standard InChI is InChI=1S/C27H27N5O2S/c33-25(28-24-13-11-23(12-14-24)22-9-5-2-6-10-22)20-35-27-30-29-26(31-15-17-34-18-16-31)32(27)19-21-7-3-1-4-8-21/h1-14H,15-20H2,(H,28,33). The molecule has 1 aromatic heterocycles. The summed E-state index contributed by atoms with van der Waals surface area (Å²) in [6.07, 6.45) is 0. The molecular formula is C27H27N5O2S. The van der Waals surface area contributed by atoms with Crippen molar-refractivity contribution in [1.29, 1.82) is 0 Å². The Morgan fingerprint density at radius 1 is 0.857 bits per heavy atom. The number of morpholine rings is 1. The lowest BCUT2D eigenvalue weighted by Crippen LogP contribution is -2.38. The fourth-order valence-electron chi connectivity index (χ4n) is 3.99. The molecule has 7 nitrogen and oxygen atoms in total. The van der Waals surface area contributed by atoms with Gasteiger partial charge in [0.2, 0.25) is 11.9 Å².